The molecule has 0 fully saturated rings. The van der Waals surface area contributed by atoms with Gasteiger partial charge in [0.1, 0.15) is 16.5 Å². The number of rotatable bonds is 8. The van der Waals surface area contributed by atoms with Gasteiger partial charge in [-0.2, -0.15) is 5.26 Å². The van der Waals surface area contributed by atoms with Gasteiger partial charge in [-0.3, -0.25) is 14.2 Å². The van der Waals surface area contributed by atoms with Gasteiger partial charge >= 0.3 is 0 Å². The number of benzene rings is 3. The van der Waals surface area contributed by atoms with Crippen molar-refractivity contribution in [3.05, 3.63) is 91.1 Å². The van der Waals surface area contributed by atoms with Crippen LogP contribution < -0.4 is 43.8 Å². The summed E-state index contributed by atoms with van der Waals surface area (Å²) in [6.45, 7) is 0.0987. The molecule has 42 heavy (non-hydrogen) atoms. The van der Waals surface area contributed by atoms with Crippen molar-refractivity contribution in [2.75, 3.05) is 33.4 Å². The Bertz CT molecular complexity index is 1880. The summed E-state index contributed by atoms with van der Waals surface area (Å²) in [5.41, 5.74) is 0.324. The third-order valence-corrected chi connectivity index (χ3v) is 7.48. The van der Waals surface area contributed by atoms with Crippen LogP contribution in [0.5, 0.6) is 28.7 Å². The summed E-state index contributed by atoms with van der Waals surface area (Å²) in [6.07, 6.45) is 1.60. The molecular weight excluding hydrogens is 565 g/mol. The van der Waals surface area contributed by atoms with Gasteiger partial charge in [0.2, 0.25) is 12.5 Å². The number of nitrogens with one attached hydrogen (secondary N) is 1. The number of carbonyl (C=O) groups is 1. The summed E-state index contributed by atoms with van der Waals surface area (Å²) in [5, 5.41) is 12.5. The highest BCUT2D eigenvalue weighted by molar-refractivity contribution is 7.07. The number of aromatic nitrogens is 1. The summed E-state index contributed by atoms with van der Waals surface area (Å²) >= 11 is 0.950. The molecule has 0 bridgehead atoms. The molecule has 1 aliphatic heterocycles. The van der Waals surface area contributed by atoms with Gasteiger partial charge in [0.25, 0.3) is 11.5 Å². The standard InChI is InChI=1S/C30H24FN3O7S/c1-37-24-11-18(12-25(38-2)27(24)39-3)13-26-29(36)34(15-17-8-9-22-23(10-17)41-16-40-22)30(42-26)19(14-32)28(35)33-21-7-5-4-6-20(21)31/h4-13H,15-16H2,1-3H3,(H,33,35)/b26-13-,30-19-. The molecule has 4 aromatic rings. The van der Waals surface area contributed by atoms with Gasteiger partial charge in [-0.15, -0.1) is 11.3 Å². The summed E-state index contributed by atoms with van der Waals surface area (Å²) in [5.74, 6) is 0.716. The highest BCUT2D eigenvalue weighted by Crippen LogP contribution is 2.38. The molecule has 0 atom stereocenters. The van der Waals surface area contributed by atoms with Crippen molar-refractivity contribution < 1.29 is 32.9 Å². The smallest absolute Gasteiger partial charge is 0.269 e. The molecule has 0 unspecified atom stereocenters. The molecule has 1 aliphatic rings. The third-order valence-electron chi connectivity index (χ3n) is 6.34. The van der Waals surface area contributed by atoms with E-state index in [2.05, 4.69) is 5.32 Å². The lowest BCUT2D eigenvalue weighted by Gasteiger charge is -2.12. The first-order chi connectivity index (χ1) is 20.4. The van der Waals surface area contributed by atoms with Crippen molar-refractivity contribution in [2.24, 2.45) is 0 Å². The van der Waals surface area contributed by atoms with E-state index in [0.29, 0.717) is 39.9 Å². The molecule has 1 aromatic heterocycles. The van der Waals surface area contributed by atoms with E-state index < -0.39 is 17.3 Å². The van der Waals surface area contributed by atoms with Gasteiger partial charge in [0, 0.05) is 0 Å². The zero-order valence-corrected chi connectivity index (χ0v) is 23.5. The van der Waals surface area contributed by atoms with Crippen LogP contribution in [0.4, 0.5) is 10.1 Å². The van der Waals surface area contributed by atoms with Crippen LogP contribution in [-0.2, 0) is 11.3 Å². The lowest BCUT2D eigenvalue weighted by molar-refractivity contribution is -0.111. The van der Waals surface area contributed by atoms with E-state index in [1.807, 2.05) is 6.07 Å². The molecule has 0 spiro atoms. The topological polar surface area (TPSA) is 121 Å². The number of amides is 1. The molecule has 0 saturated carbocycles. The quantitative estimate of drug-likeness (QED) is 0.333. The predicted octanol–water partition coefficient (Wildman–Crippen LogP) is 2.99. The first-order valence-corrected chi connectivity index (χ1v) is 13.3. The van der Waals surface area contributed by atoms with E-state index in [1.165, 1.54) is 44.1 Å². The molecule has 1 amide bonds. The largest absolute Gasteiger partial charge is 0.493 e. The number of hydrogen-bond donors (Lipinski definition) is 1. The van der Waals surface area contributed by atoms with Gasteiger partial charge in [-0.1, -0.05) is 18.2 Å². The number of halogens is 1. The maximum atomic E-state index is 14.3. The molecule has 12 heteroatoms. The van der Waals surface area contributed by atoms with E-state index >= 15 is 0 Å². The second-order valence-electron chi connectivity index (χ2n) is 8.87. The van der Waals surface area contributed by atoms with Crippen molar-refractivity contribution in [3.63, 3.8) is 0 Å². The van der Waals surface area contributed by atoms with Crippen LogP contribution in [0.15, 0.2) is 59.4 Å². The van der Waals surface area contributed by atoms with Gasteiger partial charge in [0.15, 0.2) is 28.6 Å². The lowest BCUT2D eigenvalue weighted by atomic mass is 10.1. The molecule has 5 rings (SSSR count). The van der Waals surface area contributed by atoms with Crippen LogP contribution in [0, 0.1) is 17.1 Å². The van der Waals surface area contributed by atoms with Crippen LogP contribution in [-0.4, -0.2) is 38.6 Å². The number of fused-ring (bicyclic) bond motifs is 1. The Morgan fingerprint density at radius 1 is 1.07 bits per heavy atom. The lowest BCUT2D eigenvalue weighted by Crippen LogP contribution is -2.34. The van der Waals surface area contributed by atoms with Crippen LogP contribution in [0.25, 0.3) is 11.6 Å². The molecule has 214 valence electrons. The number of nitriles is 1. The number of hydrogen-bond acceptors (Lipinski definition) is 9. The summed E-state index contributed by atoms with van der Waals surface area (Å²) in [6, 6.07) is 16.0. The number of thiazole rings is 1. The molecule has 2 heterocycles. The Kier molecular flexibility index (Phi) is 8.12. The van der Waals surface area contributed by atoms with Crippen LogP contribution in [0.3, 0.4) is 0 Å². The van der Waals surface area contributed by atoms with E-state index in [4.69, 9.17) is 23.7 Å². The fraction of sp³-hybridized carbons (Fsp3) is 0.167. The fourth-order valence-corrected chi connectivity index (χ4v) is 5.45. The first kappa shape index (κ1) is 28.3. The average molecular weight is 590 g/mol. The molecular formula is C30H24FN3O7S. The van der Waals surface area contributed by atoms with Gasteiger partial charge in [-0.25, -0.2) is 4.39 Å². The van der Waals surface area contributed by atoms with Crippen LogP contribution >= 0.6 is 11.3 Å². The second kappa shape index (κ2) is 12.1. The third kappa shape index (κ3) is 5.50. The Morgan fingerprint density at radius 3 is 2.45 bits per heavy atom. The molecule has 3 aromatic carbocycles. The van der Waals surface area contributed by atoms with Crippen molar-refractivity contribution >= 4 is 34.6 Å². The Morgan fingerprint density at radius 2 is 1.79 bits per heavy atom. The normalized spacial score (nSPS) is 12.9. The number of methoxy groups -OCH3 is 3. The zero-order chi connectivity index (χ0) is 29.8. The number of nitrogens with zero attached hydrogens (tertiary/aromatic N) is 2. The second-order valence-corrected chi connectivity index (χ2v) is 9.90. The Labute approximate surface area is 243 Å². The summed E-state index contributed by atoms with van der Waals surface area (Å²) < 4.78 is 43.0. The van der Waals surface area contributed by atoms with E-state index in [1.54, 1.807) is 42.5 Å². The van der Waals surface area contributed by atoms with E-state index in [0.717, 1.165) is 11.3 Å². The molecule has 1 N–H and O–H groups in total. The maximum absolute atomic E-state index is 14.3. The highest BCUT2D eigenvalue weighted by atomic mass is 32.1. The fourth-order valence-electron chi connectivity index (χ4n) is 4.35. The van der Waals surface area contributed by atoms with Crippen molar-refractivity contribution in [1.82, 2.24) is 4.57 Å². The van der Waals surface area contributed by atoms with E-state index in [9.17, 15) is 19.2 Å². The number of para-hydroxylation sites is 1. The number of carbonyl (C=O) groups excluding carboxylic acids is 1. The van der Waals surface area contributed by atoms with Gasteiger partial charge in [-0.05, 0) is 53.6 Å². The van der Waals surface area contributed by atoms with Crippen molar-refractivity contribution in [2.45, 2.75) is 6.54 Å². The SMILES string of the molecule is COc1cc(/C=c2\s/c(=C(/C#N)C(=O)Nc3ccccc3F)n(Cc3ccc4c(c3)OCO4)c2=O)cc(OC)c1OC. The minimum atomic E-state index is -0.859. The molecule has 0 aliphatic carbocycles. The minimum absolute atomic E-state index is 0.0164. The highest BCUT2D eigenvalue weighted by Gasteiger charge is 2.20. The number of anilines is 1. The number of ether oxygens (including phenoxy) is 5. The Hall–Kier alpha value is -5.28. The van der Waals surface area contributed by atoms with Gasteiger partial charge < -0.3 is 29.0 Å². The summed E-state index contributed by atoms with van der Waals surface area (Å²) in [7, 11) is 4.44. The average Bonchev–Trinajstić information content (AvgIpc) is 3.58. The van der Waals surface area contributed by atoms with Gasteiger partial charge in [0.05, 0.1) is 38.1 Å². The zero-order valence-electron chi connectivity index (χ0n) is 22.7. The monoisotopic (exact) mass is 589 g/mol. The van der Waals surface area contributed by atoms with E-state index in [-0.39, 0.29) is 33.8 Å². The molecule has 0 saturated heterocycles. The van der Waals surface area contributed by atoms with Crippen molar-refractivity contribution in [1.29, 1.82) is 5.26 Å². The Balaban J connectivity index is 1.69. The maximum Gasteiger partial charge on any atom is 0.269 e. The predicted molar refractivity (Wildman–Crippen MR) is 153 cm³/mol. The van der Waals surface area contributed by atoms with Crippen LogP contribution in [0.1, 0.15) is 11.1 Å². The minimum Gasteiger partial charge on any atom is -0.493 e. The molecule has 10 nitrogen and oxygen atoms in total. The summed E-state index contributed by atoms with van der Waals surface area (Å²) in [4.78, 5) is 27.0. The first-order valence-electron chi connectivity index (χ1n) is 12.5. The van der Waals surface area contributed by atoms with Crippen LogP contribution in [0.2, 0.25) is 0 Å². The van der Waals surface area contributed by atoms with Crippen molar-refractivity contribution in [3.8, 4) is 34.8 Å². The molecule has 0 radical (unpaired) electrons.